The average molecular weight is 269 g/mol. The van der Waals surface area contributed by atoms with Crippen molar-refractivity contribution in [2.75, 3.05) is 13.2 Å². The van der Waals surface area contributed by atoms with Crippen molar-refractivity contribution in [2.24, 2.45) is 0 Å². The molecule has 1 aromatic rings. The highest BCUT2D eigenvalue weighted by Crippen LogP contribution is 2.08. The molecular formula is C12H15NO6. The summed E-state index contributed by atoms with van der Waals surface area (Å²) in [5.74, 6) is -1.30. The number of hydrogen-bond donors (Lipinski definition) is 0. The van der Waals surface area contributed by atoms with Crippen molar-refractivity contribution >= 4 is 18.1 Å². The Bertz CT molecular complexity index is 551. The van der Waals surface area contributed by atoms with Gasteiger partial charge in [0, 0.05) is 6.08 Å². The molecule has 19 heavy (non-hydrogen) atoms. The lowest BCUT2D eigenvalue weighted by atomic mass is 10.3. The number of ether oxygens (including phenoxy) is 2. The molecule has 0 aliphatic heterocycles. The Morgan fingerprint density at radius 1 is 1.26 bits per heavy atom. The van der Waals surface area contributed by atoms with Crippen LogP contribution in [0.5, 0.6) is 0 Å². The van der Waals surface area contributed by atoms with Gasteiger partial charge < -0.3 is 14.0 Å². The van der Waals surface area contributed by atoms with Crippen LogP contribution in [0.3, 0.4) is 0 Å². The number of carbonyl (C=O) groups is 2. The quantitative estimate of drug-likeness (QED) is 0.584. The molecule has 1 heterocycles. The fraction of sp³-hybridized carbons (Fsp3) is 0.417. The van der Waals surface area contributed by atoms with Gasteiger partial charge in [0.2, 0.25) is 0 Å². The van der Waals surface area contributed by atoms with E-state index in [2.05, 4.69) is 4.74 Å². The highest BCUT2D eigenvalue weighted by atomic mass is 16.6. The number of carbonyl (C=O) groups excluding carboxylic acids is 2. The summed E-state index contributed by atoms with van der Waals surface area (Å²) < 4.78 is 15.2. The molecule has 0 atom stereocenters. The molecule has 0 aliphatic rings. The monoisotopic (exact) mass is 269 g/mol. The van der Waals surface area contributed by atoms with Crippen LogP contribution < -0.4 is 5.63 Å². The van der Waals surface area contributed by atoms with Crippen molar-refractivity contribution in [1.82, 2.24) is 4.74 Å². The molecule has 0 aliphatic carbocycles. The third-order valence-corrected chi connectivity index (χ3v) is 2.16. The van der Waals surface area contributed by atoms with Crippen molar-refractivity contribution in [3.63, 3.8) is 0 Å². The van der Waals surface area contributed by atoms with Gasteiger partial charge in [0.15, 0.2) is 5.69 Å². The fourth-order valence-electron chi connectivity index (χ4n) is 1.33. The third kappa shape index (κ3) is 3.57. The van der Waals surface area contributed by atoms with E-state index >= 15 is 0 Å². The zero-order valence-electron chi connectivity index (χ0n) is 11.0. The van der Waals surface area contributed by atoms with E-state index in [4.69, 9.17) is 9.26 Å². The highest BCUT2D eigenvalue weighted by Gasteiger charge is 2.20. The summed E-state index contributed by atoms with van der Waals surface area (Å²) in [6.45, 7) is 5.13. The average Bonchev–Trinajstić information content (AvgIpc) is 2.63. The van der Waals surface area contributed by atoms with E-state index in [1.165, 1.54) is 6.92 Å². The minimum atomic E-state index is -0.695. The molecule has 0 saturated carbocycles. The zero-order chi connectivity index (χ0) is 14.4. The van der Waals surface area contributed by atoms with E-state index in [0.29, 0.717) is 0 Å². The molecule has 0 radical (unpaired) electrons. The molecule has 0 unspecified atom stereocenters. The van der Waals surface area contributed by atoms with E-state index in [1.54, 1.807) is 13.8 Å². The first kappa shape index (κ1) is 14.7. The number of nitrogens with zero attached hydrogens (tertiary/aromatic N) is 1. The second-order valence-electron chi connectivity index (χ2n) is 3.47. The van der Waals surface area contributed by atoms with Crippen LogP contribution >= 0.6 is 0 Å². The summed E-state index contributed by atoms with van der Waals surface area (Å²) >= 11 is 0. The number of rotatable bonds is 5. The fourth-order valence-corrected chi connectivity index (χ4v) is 1.33. The summed E-state index contributed by atoms with van der Waals surface area (Å²) in [5, 5.41) is 0. The van der Waals surface area contributed by atoms with Crippen molar-refractivity contribution < 1.29 is 23.6 Å². The summed E-state index contributed by atoms with van der Waals surface area (Å²) in [6.07, 6.45) is 2.19. The van der Waals surface area contributed by atoms with E-state index in [0.717, 1.165) is 17.0 Å². The first-order valence-corrected chi connectivity index (χ1v) is 5.75. The van der Waals surface area contributed by atoms with Crippen molar-refractivity contribution in [2.45, 2.75) is 20.8 Å². The molecule has 0 amide bonds. The van der Waals surface area contributed by atoms with Gasteiger partial charge in [-0.3, -0.25) is 0 Å². The molecule has 0 fully saturated rings. The van der Waals surface area contributed by atoms with Crippen LogP contribution in [0.15, 0.2) is 15.4 Å². The first-order chi connectivity index (χ1) is 9.01. The summed E-state index contributed by atoms with van der Waals surface area (Å²) in [7, 11) is 0. The standard InChI is InChI=1S/C12H15NO6/c1-4-17-9(14)6-7-13-10(12(16)18-5-2)8(3)11(15)19-13/h6-7H,4-5H2,1-3H3/b7-6+. The topological polar surface area (TPSA) is 87.7 Å². The lowest BCUT2D eigenvalue weighted by Gasteiger charge is -2.02. The van der Waals surface area contributed by atoms with E-state index in [-0.39, 0.29) is 24.5 Å². The first-order valence-electron chi connectivity index (χ1n) is 5.75. The molecule has 7 nitrogen and oxygen atoms in total. The second-order valence-corrected chi connectivity index (χ2v) is 3.47. The summed E-state index contributed by atoms with van der Waals surface area (Å²) in [6, 6.07) is 0. The molecule has 1 rings (SSSR count). The van der Waals surface area contributed by atoms with Crippen LogP contribution in [0, 0.1) is 6.92 Å². The Hall–Kier alpha value is -2.31. The van der Waals surface area contributed by atoms with E-state index < -0.39 is 17.6 Å². The maximum absolute atomic E-state index is 11.7. The second kappa shape index (κ2) is 6.58. The maximum Gasteiger partial charge on any atom is 0.361 e. The van der Waals surface area contributed by atoms with Gasteiger partial charge in [-0.05, 0) is 20.8 Å². The third-order valence-electron chi connectivity index (χ3n) is 2.16. The van der Waals surface area contributed by atoms with Gasteiger partial charge in [-0.25, -0.2) is 14.4 Å². The minimum absolute atomic E-state index is 0.0487. The normalized spacial score (nSPS) is 10.7. The number of hydrogen-bond acceptors (Lipinski definition) is 6. The molecule has 0 bridgehead atoms. The smallest absolute Gasteiger partial charge is 0.361 e. The van der Waals surface area contributed by atoms with Gasteiger partial charge in [-0.15, -0.1) is 0 Å². The molecule has 1 aromatic heterocycles. The highest BCUT2D eigenvalue weighted by molar-refractivity contribution is 5.90. The van der Waals surface area contributed by atoms with Crippen LogP contribution in [-0.4, -0.2) is 29.9 Å². The Labute approximate surface area is 109 Å². The van der Waals surface area contributed by atoms with Crippen LogP contribution in [0.1, 0.15) is 29.9 Å². The van der Waals surface area contributed by atoms with Crippen molar-refractivity contribution in [3.05, 3.63) is 27.8 Å². The molecule has 104 valence electrons. The number of aromatic nitrogens is 1. The molecule has 7 heteroatoms. The van der Waals surface area contributed by atoms with Gasteiger partial charge in [-0.1, -0.05) is 0 Å². The Balaban J connectivity index is 3.08. The van der Waals surface area contributed by atoms with E-state index in [1.807, 2.05) is 0 Å². The SMILES string of the molecule is CCOC(=O)/C=C/n1oc(=O)c(C)c1C(=O)OCC. The molecule has 0 spiro atoms. The van der Waals surface area contributed by atoms with Crippen molar-refractivity contribution in [3.8, 4) is 0 Å². The van der Waals surface area contributed by atoms with Crippen LogP contribution in [0.4, 0.5) is 0 Å². The predicted octanol–water partition coefficient (Wildman–Crippen LogP) is 0.960. The molecular weight excluding hydrogens is 254 g/mol. The van der Waals surface area contributed by atoms with Gasteiger partial charge in [0.05, 0.1) is 25.0 Å². The van der Waals surface area contributed by atoms with Gasteiger partial charge in [0.25, 0.3) is 0 Å². The lowest BCUT2D eigenvalue weighted by Crippen LogP contribution is -2.11. The van der Waals surface area contributed by atoms with Crippen LogP contribution in [-0.2, 0) is 14.3 Å². The van der Waals surface area contributed by atoms with Crippen molar-refractivity contribution in [1.29, 1.82) is 0 Å². The van der Waals surface area contributed by atoms with Crippen LogP contribution in [0.25, 0.3) is 6.20 Å². The lowest BCUT2D eigenvalue weighted by molar-refractivity contribution is -0.137. The molecule has 0 aromatic carbocycles. The largest absolute Gasteiger partial charge is 0.463 e. The number of esters is 2. The Kier molecular flexibility index (Phi) is 5.11. The zero-order valence-corrected chi connectivity index (χ0v) is 11.0. The molecule has 0 saturated heterocycles. The van der Waals surface area contributed by atoms with E-state index in [9.17, 15) is 14.4 Å². The Morgan fingerprint density at radius 2 is 1.89 bits per heavy atom. The minimum Gasteiger partial charge on any atom is -0.463 e. The van der Waals surface area contributed by atoms with Gasteiger partial charge >= 0.3 is 17.6 Å². The predicted molar refractivity (Wildman–Crippen MR) is 65.6 cm³/mol. The van der Waals surface area contributed by atoms with Gasteiger partial charge in [0.1, 0.15) is 0 Å². The molecule has 0 N–H and O–H groups in total. The summed E-state index contributed by atoms with van der Waals surface area (Å²) in [4.78, 5) is 34.2. The van der Waals surface area contributed by atoms with Gasteiger partial charge in [-0.2, -0.15) is 4.74 Å². The summed E-state index contributed by atoms with van der Waals surface area (Å²) in [5.41, 5.74) is -0.601. The maximum atomic E-state index is 11.7. The Morgan fingerprint density at radius 3 is 2.47 bits per heavy atom. The van der Waals surface area contributed by atoms with Crippen LogP contribution in [0.2, 0.25) is 0 Å².